The smallest absolute Gasteiger partial charge is 0.390 e. The number of alkyl halides is 4. The van der Waals surface area contributed by atoms with Crippen LogP contribution in [-0.4, -0.2) is 26.6 Å². The molecule has 2 N–H and O–H groups in total. The molecule has 2 unspecified atom stereocenters. The van der Waals surface area contributed by atoms with E-state index in [9.17, 15) is 23.4 Å². The maximum atomic E-state index is 12.6. The van der Waals surface area contributed by atoms with E-state index < -0.39 is 29.1 Å². The van der Waals surface area contributed by atoms with Crippen molar-refractivity contribution < 1.29 is 23.4 Å². The van der Waals surface area contributed by atoms with Crippen LogP contribution in [0.3, 0.4) is 0 Å². The van der Waals surface area contributed by atoms with E-state index in [1.807, 2.05) is 0 Å². The van der Waals surface area contributed by atoms with Crippen molar-refractivity contribution in [2.75, 3.05) is 5.33 Å². The first kappa shape index (κ1) is 15.7. The maximum Gasteiger partial charge on any atom is 0.419 e. The number of aromatic nitrogens is 1. The van der Waals surface area contributed by atoms with Crippen molar-refractivity contribution in [1.29, 1.82) is 0 Å². The minimum Gasteiger partial charge on any atom is -0.390 e. The molecule has 0 bridgehead atoms. The quantitative estimate of drug-likeness (QED) is 0.650. The number of aliphatic hydroxyl groups is 2. The Morgan fingerprint density at radius 1 is 1.39 bits per heavy atom. The Hall–Kier alpha value is -0.370. The fraction of sp³-hybridized carbons (Fsp3) is 0.500. The first-order valence-electron chi connectivity index (χ1n) is 4.92. The van der Waals surface area contributed by atoms with Gasteiger partial charge in [-0.3, -0.25) is 0 Å². The SMILES string of the molecule is OC(CCBr)C(O)c1cnc(Cl)c(C(F)(F)F)c1. The van der Waals surface area contributed by atoms with E-state index in [-0.39, 0.29) is 12.0 Å². The van der Waals surface area contributed by atoms with Crippen molar-refractivity contribution in [3.63, 3.8) is 0 Å². The van der Waals surface area contributed by atoms with E-state index in [4.69, 9.17) is 11.6 Å². The number of halogens is 5. The number of hydrogen-bond acceptors (Lipinski definition) is 3. The van der Waals surface area contributed by atoms with Crippen LogP contribution in [0, 0.1) is 0 Å². The standard InChI is InChI=1S/C10H10BrClF3NO2/c11-2-1-7(17)8(18)5-3-6(10(13,14)15)9(12)16-4-5/h3-4,7-8,17-18H,1-2H2. The lowest BCUT2D eigenvalue weighted by Gasteiger charge is -2.18. The van der Waals surface area contributed by atoms with Crippen LogP contribution >= 0.6 is 27.5 Å². The molecule has 0 aliphatic rings. The third kappa shape index (κ3) is 3.81. The topological polar surface area (TPSA) is 53.4 Å². The summed E-state index contributed by atoms with van der Waals surface area (Å²) in [7, 11) is 0. The Labute approximate surface area is 115 Å². The molecule has 1 heterocycles. The molecule has 1 aromatic heterocycles. The summed E-state index contributed by atoms with van der Waals surface area (Å²) in [5, 5.41) is 18.9. The first-order chi connectivity index (χ1) is 8.27. The summed E-state index contributed by atoms with van der Waals surface area (Å²) in [4.78, 5) is 3.37. The van der Waals surface area contributed by atoms with Gasteiger partial charge in [0.25, 0.3) is 0 Å². The molecule has 0 aliphatic carbocycles. The molecule has 3 nitrogen and oxygen atoms in total. The van der Waals surface area contributed by atoms with Crippen molar-refractivity contribution in [2.24, 2.45) is 0 Å². The van der Waals surface area contributed by atoms with Gasteiger partial charge in [-0.1, -0.05) is 27.5 Å². The molecule has 0 spiro atoms. The normalized spacial score (nSPS) is 15.5. The van der Waals surface area contributed by atoms with Gasteiger partial charge in [-0.25, -0.2) is 4.98 Å². The van der Waals surface area contributed by atoms with Gasteiger partial charge in [-0.15, -0.1) is 0 Å². The molecule has 0 amide bonds. The third-order valence-corrected chi connectivity index (χ3v) is 3.04. The maximum absolute atomic E-state index is 12.6. The second-order valence-electron chi connectivity index (χ2n) is 3.59. The first-order valence-corrected chi connectivity index (χ1v) is 6.42. The van der Waals surface area contributed by atoms with Crippen molar-refractivity contribution in [3.05, 3.63) is 28.5 Å². The Morgan fingerprint density at radius 3 is 2.50 bits per heavy atom. The summed E-state index contributed by atoms with van der Waals surface area (Å²) < 4.78 is 37.7. The molecule has 18 heavy (non-hydrogen) atoms. The molecule has 0 saturated carbocycles. The number of hydrogen-bond donors (Lipinski definition) is 2. The van der Waals surface area contributed by atoms with E-state index in [1.54, 1.807) is 0 Å². The van der Waals surface area contributed by atoms with Crippen LogP contribution in [0.15, 0.2) is 12.3 Å². The van der Waals surface area contributed by atoms with E-state index in [0.717, 1.165) is 6.20 Å². The lowest BCUT2D eigenvalue weighted by molar-refractivity contribution is -0.137. The molecule has 0 saturated heterocycles. The zero-order valence-electron chi connectivity index (χ0n) is 8.96. The van der Waals surface area contributed by atoms with Crippen LogP contribution < -0.4 is 0 Å². The summed E-state index contributed by atoms with van der Waals surface area (Å²) in [6.07, 6.45) is -6.05. The van der Waals surface area contributed by atoms with Gasteiger partial charge >= 0.3 is 6.18 Å². The van der Waals surface area contributed by atoms with Crippen LogP contribution in [0.1, 0.15) is 23.7 Å². The average Bonchev–Trinajstić information content (AvgIpc) is 2.27. The monoisotopic (exact) mass is 347 g/mol. The molecular formula is C10H10BrClF3NO2. The van der Waals surface area contributed by atoms with Crippen molar-refractivity contribution >= 4 is 27.5 Å². The van der Waals surface area contributed by atoms with Gasteiger partial charge in [0.15, 0.2) is 0 Å². The predicted molar refractivity (Wildman–Crippen MR) is 63.6 cm³/mol. The summed E-state index contributed by atoms with van der Waals surface area (Å²) >= 11 is 8.40. The van der Waals surface area contributed by atoms with E-state index >= 15 is 0 Å². The fourth-order valence-corrected chi connectivity index (χ4v) is 2.00. The highest BCUT2D eigenvalue weighted by Crippen LogP contribution is 2.35. The molecule has 8 heteroatoms. The van der Waals surface area contributed by atoms with Crippen molar-refractivity contribution in [2.45, 2.75) is 24.8 Å². The Morgan fingerprint density at radius 2 is 2.00 bits per heavy atom. The second-order valence-corrected chi connectivity index (χ2v) is 4.75. The molecular weight excluding hydrogens is 338 g/mol. The molecule has 2 atom stereocenters. The fourth-order valence-electron chi connectivity index (χ4n) is 1.32. The lowest BCUT2D eigenvalue weighted by Crippen LogP contribution is -2.19. The number of nitrogens with zero attached hydrogens (tertiary/aromatic N) is 1. The molecule has 1 aromatic rings. The summed E-state index contributed by atoms with van der Waals surface area (Å²) in [6.45, 7) is 0. The van der Waals surface area contributed by atoms with Gasteiger partial charge in [-0.05, 0) is 12.5 Å². The third-order valence-electron chi connectivity index (χ3n) is 2.28. The Balaban J connectivity index is 3.05. The minimum absolute atomic E-state index is 0.125. The predicted octanol–water partition coefficient (Wildman–Crippen LogP) is 2.93. The van der Waals surface area contributed by atoms with Gasteiger partial charge < -0.3 is 10.2 Å². The van der Waals surface area contributed by atoms with Gasteiger partial charge in [0.2, 0.25) is 0 Å². The average molecular weight is 349 g/mol. The molecule has 0 aromatic carbocycles. The number of rotatable bonds is 4. The molecule has 0 fully saturated rings. The van der Waals surface area contributed by atoms with Gasteiger partial charge in [0.05, 0.1) is 11.7 Å². The molecule has 102 valence electrons. The summed E-state index contributed by atoms with van der Waals surface area (Å²) in [6, 6.07) is 0.692. The lowest BCUT2D eigenvalue weighted by atomic mass is 10.0. The van der Waals surface area contributed by atoms with Crippen LogP contribution in [0.25, 0.3) is 0 Å². The molecule has 0 radical (unpaired) electrons. The highest BCUT2D eigenvalue weighted by atomic mass is 79.9. The van der Waals surface area contributed by atoms with Crippen molar-refractivity contribution in [1.82, 2.24) is 4.98 Å². The molecule has 1 rings (SSSR count). The van der Waals surface area contributed by atoms with Crippen LogP contribution in [0.5, 0.6) is 0 Å². The van der Waals surface area contributed by atoms with E-state index in [2.05, 4.69) is 20.9 Å². The highest BCUT2D eigenvalue weighted by molar-refractivity contribution is 9.09. The second kappa shape index (κ2) is 6.18. The van der Waals surface area contributed by atoms with E-state index in [1.165, 1.54) is 0 Å². The van der Waals surface area contributed by atoms with Crippen LogP contribution in [-0.2, 0) is 6.18 Å². The summed E-state index contributed by atoms with van der Waals surface area (Å²) in [5.41, 5.74) is -1.26. The summed E-state index contributed by atoms with van der Waals surface area (Å²) in [5.74, 6) is 0. The van der Waals surface area contributed by atoms with Gasteiger partial charge in [0.1, 0.15) is 11.3 Å². The van der Waals surface area contributed by atoms with Gasteiger partial charge in [0, 0.05) is 17.1 Å². The highest BCUT2D eigenvalue weighted by Gasteiger charge is 2.35. The molecule has 0 aliphatic heterocycles. The Kier molecular flexibility index (Phi) is 5.39. The van der Waals surface area contributed by atoms with Crippen LogP contribution in [0.2, 0.25) is 5.15 Å². The van der Waals surface area contributed by atoms with Gasteiger partial charge in [-0.2, -0.15) is 13.2 Å². The van der Waals surface area contributed by atoms with Crippen LogP contribution in [0.4, 0.5) is 13.2 Å². The largest absolute Gasteiger partial charge is 0.419 e. The number of pyridine rings is 1. The van der Waals surface area contributed by atoms with Crippen molar-refractivity contribution in [3.8, 4) is 0 Å². The van der Waals surface area contributed by atoms with E-state index in [0.29, 0.717) is 11.4 Å². The zero-order valence-corrected chi connectivity index (χ0v) is 11.3. The minimum atomic E-state index is -4.65. The number of aliphatic hydroxyl groups excluding tert-OH is 2. The Bertz CT molecular complexity index is 417. The zero-order chi connectivity index (χ0) is 13.9.